The van der Waals surface area contributed by atoms with Crippen LogP contribution >= 0.6 is 23.2 Å². The zero-order chi connectivity index (χ0) is 23.0. The summed E-state index contributed by atoms with van der Waals surface area (Å²) in [6, 6.07) is 10.5. The first-order chi connectivity index (χ1) is 14.5. The number of halogens is 2. The van der Waals surface area contributed by atoms with Crippen LogP contribution < -0.4 is 0 Å². The summed E-state index contributed by atoms with van der Waals surface area (Å²) in [5.41, 5.74) is 0.907. The number of carbonyl (C=O) groups is 2. The Hall–Kier alpha value is -3.22. The summed E-state index contributed by atoms with van der Waals surface area (Å²) >= 11 is 12.9. The molecule has 0 aliphatic heterocycles. The number of aromatic carboxylic acids is 2. The Morgan fingerprint density at radius 3 is 1.52 bits per heavy atom. The zero-order valence-electron chi connectivity index (χ0n) is 16.5. The van der Waals surface area contributed by atoms with Crippen molar-refractivity contribution >= 4 is 35.1 Å². The van der Waals surface area contributed by atoms with E-state index in [1.807, 2.05) is 0 Å². The third-order valence-corrected chi connectivity index (χ3v) is 5.60. The molecule has 0 aliphatic carbocycles. The van der Waals surface area contributed by atoms with E-state index in [1.165, 1.54) is 12.1 Å². The molecule has 3 aromatic rings. The van der Waals surface area contributed by atoms with Gasteiger partial charge in [-0.25, -0.2) is 9.59 Å². The van der Waals surface area contributed by atoms with E-state index >= 15 is 0 Å². The van der Waals surface area contributed by atoms with Crippen molar-refractivity contribution in [2.45, 2.75) is 19.8 Å². The highest BCUT2D eigenvalue weighted by Gasteiger charge is 2.31. The first-order valence-corrected chi connectivity index (χ1v) is 9.86. The van der Waals surface area contributed by atoms with Crippen molar-refractivity contribution < 1.29 is 30.0 Å². The number of aryl methyl sites for hydroxylation is 2. The van der Waals surface area contributed by atoms with Crippen LogP contribution in [0.2, 0.25) is 10.0 Å². The third kappa shape index (κ3) is 4.17. The number of carboxylic acids is 2. The number of phenols is 2. The molecule has 0 aliphatic rings. The van der Waals surface area contributed by atoms with E-state index in [4.69, 9.17) is 23.2 Å². The van der Waals surface area contributed by atoms with E-state index < -0.39 is 29.4 Å². The summed E-state index contributed by atoms with van der Waals surface area (Å²) in [4.78, 5) is 23.4. The minimum atomic E-state index is -1.34. The van der Waals surface area contributed by atoms with E-state index in [9.17, 15) is 30.0 Å². The number of hydrogen-bond donors (Lipinski definition) is 4. The van der Waals surface area contributed by atoms with Crippen LogP contribution in [0.1, 0.15) is 54.5 Å². The Morgan fingerprint density at radius 2 is 1.16 bits per heavy atom. The molecule has 3 rings (SSSR count). The fourth-order valence-electron chi connectivity index (χ4n) is 3.64. The third-order valence-electron chi connectivity index (χ3n) is 4.94. The monoisotopic (exact) mass is 460 g/mol. The molecule has 0 saturated heterocycles. The molecule has 8 heteroatoms. The molecule has 0 atom stereocenters. The molecule has 31 heavy (non-hydrogen) atoms. The zero-order valence-corrected chi connectivity index (χ0v) is 18.0. The van der Waals surface area contributed by atoms with E-state index in [2.05, 4.69) is 0 Å². The lowest BCUT2D eigenvalue weighted by atomic mass is 9.81. The summed E-state index contributed by atoms with van der Waals surface area (Å²) in [6.07, 6.45) is 0. The van der Waals surface area contributed by atoms with Crippen molar-refractivity contribution in [2.24, 2.45) is 0 Å². The van der Waals surface area contributed by atoms with Gasteiger partial charge in [0.2, 0.25) is 0 Å². The van der Waals surface area contributed by atoms with Gasteiger partial charge in [-0.15, -0.1) is 0 Å². The first kappa shape index (κ1) is 22.5. The van der Waals surface area contributed by atoms with Crippen LogP contribution in [0.15, 0.2) is 42.5 Å². The summed E-state index contributed by atoms with van der Waals surface area (Å²) in [5.74, 6) is -4.79. The molecule has 0 fully saturated rings. The highest BCUT2D eigenvalue weighted by atomic mass is 35.5. The highest BCUT2D eigenvalue weighted by Crippen LogP contribution is 2.47. The van der Waals surface area contributed by atoms with Crippen molar-refractivity contribution in [3.63, 3.8) is 0 Å². The van der Waals surface area contributed by atoms with Gasteiger partial charge in [0.1, 0.15) is 22.6 Å². The van der Waals surface area contributed by atoms with Gasteiger partial charge in [-0.05, 0) is 49.2 Å². The minimum absolute atomic E-state index is 0.115. The first-order valence-electron chi connectivity index (χ1n) is 9.10. The summed E-state index contributed by atoms with van der Waals surface area (Å²) < 4.78 is 0. The molecule has 0 amide bonds. The molecular weight excluding hydrogens is 443 g/mol. The molecular formula is C23H18Cl2O6. The fourth-order valence-corrected chi connectivity index (χ4v) is 4.26. The molecule has 0 saturated carbocycles. The van der Waals surface area contributed by atoms with Crippen molar-refractivity contribution in [2.75, 3.05) is 0 Å². The maximum absolute atomic E-state index is 11.7. The Morgan fingerprint density at radius 1 is 0.774 bits per heavy atom. The molecule has 160 valence electrons. The van der Waals surface area contributed by atoms with E-state index in [-0.39, 0.29) is 32.3 Å². The Bertz CT molecular complexity index is 1130. The number of aromatic hydroxyl groups is 2. The van der Waals surface area contributed by atoms with Crippen molar-refractivity contribution in [1.29, 1.82) is 0 Å². The molecule has 0 heterocycles. The van der Waals surface area contributed by atoms with Gasteiger partial charge in [0.15, 0.2) is 0 Å². The maximum atomic E-state index is 11.7. The van der Waals surface area contributed by atoms with E-state index in [0.29, 0.717) is 16.7 Å². The minimum Gasteiger partial charge on any atom is -0.507 e. The van der Waals surface area contributed by atoms with Gasteiger partial charge in [0.05, 0.1) is 0 Å². The molecule has 6 nitrogen and oxygen atoms in total. The molecule has 0 unspecified atom stereocenters. The van der Waals surface area contributed by atoms with Gasteiger partial charge in [-0.3, -0.25) is 0 Å². The number of carboxylic acid groups (broad SMARTS) is 2. The van der Waals surface area contributed by atoms with Crippen LogP contribution in [0, 0.1) is 13.8 Å². The predicted molar refractivity (Wildman–Crippen MR) is 117 cm³/mol. The average Bonchev–Trinajstić information content (AvgIpc) is 2.68. The molecule has 0 aromatic heterocycles. The SMILES string of the molecule is Cc1cc(C(=O)O)c(O)c(C(c2cc(C)cc(C(=O)O)c2O)c2c(Cl)cccc2Cl)c1. The lowest BCUT2D eigenvalue weighted by molar-refractivity contribution is 0.0682. The van der Waals surface area contributed by atoms with Crippen LogP contribution in [0.5, 0.6) is 11.5 Å². The number of hydrogen-bond acceptors (Lipinski definition) is 4. The lowest BCUT2D eigenvalue weighted by Gasteiger charge is -2.25. The standard InChI is InChI=1S/C23H18Cl2O6/c1-10-6-12(20(26)14(8-10)22(28)29)18(19-16(24)4-3-5-17(19)25)13-7-11(2)9-15(21(13)27)23(30)31/h3-9,18,26-27H,1-2H3,(H,28,29)(H,30,31). The summed E-state index contributed by atoms with van der Waals surface area (Å²) in [5, 5.41) is 41.1. The second kappa shape index (κ2) is 8.49. The highest BCUT2D eigenvalue weighted by molar-refractivity contribution is 6.36. The van der Waals surface area contributed by atoms with Crippen LogP contribution in [0.4, 0.5) is 0 Å². The normalized spacial score (nSPS) is 11.0. The molecule has 4 N–H and O–H groups in total. The lowest BCUT2D eigenvalue weighted by Crippen LogP contribution is -2.11. The Balaban J connectivity index is 2.49. The van der Waals surface area contributed by atoms with Crippen molar-refractivity contribution in [1.82, 2.24) is 0 Å². The molecule has 0 bridgehead atoms. The van der Waals surface area contributed by atoms with Gasteiger partial charge in [0.25, 0.3) is 0 Å². The smallest absolute Gasteiger partial charge is 0.339 e. The van der Waals surface area contributed by atoms with Crippen LogP contribution in [-0.2, 0) is 0 Å². The molecule has 0 radical (unpaired) electrons. The second-order valence-corrected chi connectivity index (χ2v) is 7.99. The van der Waals surface area contributed by atoms with E-state index in [1.54, 1.807) is 44.2 Å². The number of benzene rings is 3. The quantitative estimate of drug-likeness (QED) is 0.368. The van der Waals surface area contributed by atoms with Gasteiger partial charge in [-0.1, -0.05) is 41.4 Å². The van der Waals surface area contributed by atoms with Gasteiger partial charge >= 0.3 is 11.9 Å². The number of rotatable bonds is 5. The Labute approximate surface area is 187 Å². The average molecular weight is 461 g/mol. The summed E-state index contributed by atoms with van der Waals surface area (Å²) in [6.45, 7) is 3.30. The van der Waals surface area contributed by atoms with Crippen molar-refractivity contribution in [3.8, 4) is 11.5 Å². The van der Waals surface area contributed by atoms with Crippen LogP contribution in [0.25, 0.3) is 0 Å². The second-order valence-electron chi connectivity index (χ2n) is 7.18. The Kier molecular flexibility index (Phi) is 6.15. The van der Waals surface area contributed by atoms with Gasteiger partial charge < -0.3 is 20.4 Å². The van der Waals surface area contributed by atoms with Gasteiger partial charge in [-0.2, -0.15) is 0 Å². The molecule has 0 spiro atoms. The fraction of sp³-hybridized carbons (Fsp3) is 0.130. The van der Waals surface area contributed by atoms with Crippen molar-refractivity contribution in [3.05, 3.63) is 91.5 Å². The summed E-state index contributed by atoms with van der Waals surface area (Å²) in [7, 11) is 0. The van der Waals surface area contributed by atoms with Gasteiger partial charge in [0, 0.05) is 32.7 Å². The van der Waals surface area contributed by atoms with Crippen LogP contribution in [-0.4, -0.2) is 32.4 Å². The largest absolute Gasteiger partial charge is 0.507 e. The van der Waals surface area contributed by atoms with Crippen LogP contribution in [0.3, 0.4) is 0 Å². The maximum Gasteiger partial charge on any atom is 0.339 e. The predicted octanol–water partition coefficient (Wildman–Crippen LogP) is 5.60. The molecule has 3 aromatic carbocycles. The van der Waals surface area contributed by atoms with E-state index in [0.717, 1.165) is 0 Å². The topological polar surface area (TPSA) is 115 Å².